The minimum atomic E-state index is -3.52. The van der Waals surface area contributed by atoms with Gasteiger partial charge in [-0.25, -0.2) is 8.42 Å². The predicted molar refractivity (Wildman–Crippen MR) is 147 cm³/mol. The number of ether oxygens (including phenoxy) is 1. The highest BCUT2D eigenvalue weighted by Gasteiger charge is 2.21. The number of rotatable bonds is 19. The zero-order valence-electron chi connectivity index (χ0n) is 22.0. The van der Waals surface area contributed by atoms with Gasteiger partial charge >= 0.3 is 5.97 Å². The monoisotopic (exact) mass is 502 g/mol. The Hall–Kier alpha value is -1.88. The summed E-state index contributed by atoms with van der Waals surface area (Å²) in [6, 6.07) is 10.8. The van der Waals surface area contributed by atoms with Gasteiger partial charge in [0.15, 0.2) is 9.84 Å². The maximum absolute atomic E-state index is 13.0. The average molecular weight is 503 g/mol. The highest BCUT2D eigenvalue weighted by molar-refractivity contribution is 7.91. The number of carbonyl (C=O) groups is 1. The highest BCUT2D eigenvalue weighted by Crippen LogP contribution is 2.31. The molecule has 0 saturated heterocycles. The molecule has 0 spiro atoms. The van der Waals surface area contributed by atoms with Crippen molar-refractivity contribution in [2.75, 3.05) is 5.75 Å². The molecule has 0 saturated carbocycles. The lowest BCUT2D eigenvalue weighted by Gasteiger charge is -2.12. The molecule has 0 fully saturated rings. The molecular formula is C30H46O4S. The van der Waals surface area contributed by atoms with Crippen molar-refractivity contribution < 1.29 is 17.9 Å². The van der Waals surface area contributed by atoms with Gasteiger partial charge in [0, 0.05) is 6.92 Å². The number of fused-ring (bicyclic) bond motifs is 1. The first-order valence-corrected chi connectivity index (χ1v) is 15.5. The van der Waals surface area contributed by atoms with Crippen LogP contribution in [-0.2, 0) is 14.6 Å². The molecule has 0 N–H and O–H groups in total. The number of benzene rings is 2. The molecule has 0 aromatic heterocycles. The molecule has 5 heteroatoms. The summed E-state index contributed by atoms with van der Waals surface area (Å²) in [5.41, 5.74) is 0. The molecule has 0 unspecified atom stereocenters. The summed E-state index contributed by atoms with van der Waals surface area (Å²) in [4.78, 5) is 11.6. The van der Waals surface area contributed by atoms with E-state index in [-0.39, 0.29) is 16.4 Å². The molecule has 4 nitrogen and oxygen atoms in total. The van der Waals surface area contributed by atoms with Gasteiger partial charge in [-0.15, -0.1) is 0 Å². The van der Waals surface area contributed by atoms with Crippen LogP contribution in [0.4, 0.5) is 0 Å². The van der Waals surface area contributed by atoms with E-state index in [0.717, 1.165) is 23.6 Å². The van der Waals surface area contributed by atoms with E-state index in [4.69, 9.17) is 4.74 Å². The van der Waals surface area contributed by atoms with E-state index in [9.17, 15) is 13.2 Å². The molecule has 196 valence electrons. The first-order chi connectivity index (χ1) is 16.9. The van der Waals surface area contributed by atoms with Crippen LogP contribution >= 0.6 is 0 Å². The Morgan fingerprint density at radius 1 is 0.686 bits per heavy atom. The minimum Gasteiger partial charge on any atom is -0.425 e. The van der Waals surface area contributed by atoms with E-state index in [2.05, 4.69) is 6.92 Å². The largest absolute Gasteiger partial charge is 0.425 e. The smallest absolute Gasteiger partial charge is 0.308 e. The molecule has 2 rings (SSSR count). The number of carbonyl (C=O) groups excluding carboxylic acids is 1. The second kappa shape index (κ2) is 16.7. The van der Waals surface area contributed by atoms with Crippen LogP contribution in [-0.4, -0.2) is 20.1 Å². The summed E-state index contributed by atoms with van der Waals surface area (Å²) >= 11 is 0. The lowest BCUT2D eigenvalue weighted by molar-refractivity contribution is -0.132. The molecule has 2 aromatic carbocycles. The van der Waals surface area contributed by atoms with Crippen molar-refractivity contribution in [1.82, 2.24) is 0 Å². The second-order valence-corrected chi connectivity index (χ2v) is 11.9. The maximum atomic E-state index is 13.0. The predicted octanol–water partition coefficient (Wildman–Crippen LogP) is 8.80. The van der Waals surface area contributed by atoms with Gasteiger partial charge in [0.1, 0.15) is 10.6 Å². The summed E-state index contributed by atoms with van der Waals surface area (Å²) < 4.78 is 31.3. The van der Waals surface area contributed by atoms with Crippen molar-refractivity contribution in [2.24, 2.45) is 0 Å². The van der Waals surface area contributed by atoms with Crippen LogP contribution in [0.15, 0.2) is 41.3 Å². The fourth-order valence-corrected chi connectivity index (χ4v) is 6.14. The summed E-state index contributed by atoms with van der Waals surface area (Å²) in [5.74, 6) is -0.301. The van der Waals surface area contributed by atoms with Gasteiger partial charge in [0.2, 0.25) is 0 Å². The van der Waals surface area contributed by atoms with Crippen molar-refractivity contribution in [3.8, 4) is 5.75 Å². The van der Waals surface area contributed by atoms with Crippen LogP contribution in [0.2, 0.25) is 0 Å². The van der Waals surface area contributed by atoms with Crippen LogP contribution < -0.4 is 4.74 Å². The van der Waals surface area contributed by atoms with Gasteiger partial charge in [-0.1, -0.05) is 128 Å². The van der Waals surface area contributed by atoms with Crippen molar-refractivity contribution in [3.05, 3.63) is 36.4 Å². The van der Waals surface area contributed by atoms with E-state index >= 15 is 0 Å². The number of sulfone groups is 1. The molecule has 0 atom stereocenters. The Kier molecular flexibility index (Phi) is 14.0. The van der Waals surface area contributed by atoms with E-state index in [1.807, 2.05) is 24.3 Å². The van der Waals surface area contributed by atoms with Gasteiger partial charge in [0.25, 0.3) is 0 Å². The highest BCUT2D eigenvalue weighted by atomic mass is 32.2. The Morgan fingerprint density at radius 2 is 1.11 bits per heavy atom. The maximum Gasteiger partial charge on any atom is 0.308 e. The van der Waals surface area contributed by atoms with Crippen molar-refractivity contribution in [3.63, 3.8) is 0 Å². The summed E-state index contributed by atoms with van der Waals surface area (Å²) in [5, 5.41) is 1.68. The van der Waals surface area contributed by atoms with E-state index in [0.29, 0.717) is 6.42 Å². The molecule has 0 aliphatic rings. The molecule has 0 aliphatic carbocycles. The van der Waals surface area contributed by atoms with Crippen LogP contribution in [0, 0.1) is 0 Å². The lowest BCUT2D eigenvalue weighted by atomic mass is 10.0. The normalized spacial score (nSPS) is 11.7. The Balaban J connectivity index is 1.62. The van der Waals surface area contributed by atoms with Crippen LogP contribution in [0.5, 0.6) is 5.75 Å². The first-order valence-electron chi connectivity index (χ1n) is 13.9. The van der Waals surface area contributed by atoms with Gasteiger partial charge in [0.05, 0.1) is 5.75 Å². The summed E-state index contributed by atoms with van der Waals surface area (Å²) in [6.07, 6.45) is 20.1. The average Bonchev–Trinajstić information content (AvgIpc) is 2.83. The van der Waals surface area contributed by atoms with E-state index in [1.54, 1.807) is 12.1 Å². The fourth-order valence-electron chi connectivity index (χ4n) is 4.63. The molecule has 0 amide bonds. The van der Waals surface area contributed by atoms with E-state index in [1.165, 1.54) is 90.4 Å². The molecule has 0 bridgehead atoms. The summed E-state index contributed by atoms with van der Waals surface area (Å²) in [6.45, 7) is 3.56. The Morgan fingerprint density at radius 3 is 1.57 bits per heavy atom. The molecule has 0 radical (unpaired) electrons. The zero-order chi connectivity index (χ0) is 25.4. The number of hydrogen-bond acceptors (Lipinski definition) is 4. The third kappa shape index (κ3) is 11.6. The van der Waals surface area contributed by atoms with Crippen LogP contribution in [0.3, 0.4) is 0 Å². The fraction of sp³-hybridized carbons (Fsp3) is 0.633. The third-order valence-electron chi connectivity index (χ3n) is 6.67. The van der Waals surface area contributed by atoms with Gasteiger partial charge in [-0.3, -0.25) is 4.79 Å². The topological polar surface area (TPSA) is 60.4 Å². The number of esters is 1. The number of hydrogen-bond donors (Lipinski definition) is 0. The SMILES string of the molecule is CCCCCCCCCCCCCCCCCCS(=O)(=O)c1cc2ccccc2cc1OC(C)=O. The van der Waals surface area contributed by atoms with Gasteiger partial charge in [-0.05, 0) is 29.3 Å². The third-order valence-corrected chi connectivity index (χ3v) is 8.48. The minimum absolute atomic E-state index is 0.0814. The Labute approximate surface area is 213 Å². The molecule has 0 aliphatic heterocycles. The zero-order valence-corrected chi connectivity index (χ0v) is 22.8. The van der Waals surface area contributed by atoms with Crippen LogP contribution in [0.1, 0.15) is 117 Å². The lowest BCUT2D eigenvalue weighted by Crippen LogP contribution is -2.11. The molecular weight excluding hydrogens is 456 g/mol. The van der Waals surface area contributed by atoms with E-state index < -0.39 is 15.8 Å². The molecule has 0 heterocycles. The van der Waals surface area contributed by atoms with Crippen LogP contribution in [0.25, 0.3) is 10.8 Å². The summed E-state index contributed by atoms with van der Waals surface area (Å²) in [7, 11) is -3.52. The van der Waals surface area contributed by atoms with Crippen molar-refractivity contribution in [2.45, 2.75) is 121 Å². The van der Waals surface area contributed by atoms with Gasteiger partial charge < -0.3 is 4.74 Å². The molecule has 35 heavy (non-hydrogen) atoms. The second-order valence-electron chi connectivity index (χ2n) is 9.86. The van der Waals surface area contributed by atoms with Crippen molar-refractivity contribution >= 4 is 26.6 Å². The van der Waals surface area contributed by atoms with Crippen molar-refractivity contribution in [1.29, 1.82) is 0 Å². The number of unbranched alkanes of at least 4 members (excludes halogenated alkanes) is 15. The standard InChI is InChI=1S/C30H46O4S/c1-3-4-5-6-7-8-9-10-11-12-13-14-15-16-17-20-23-35(32,33)30-25-28-22-19-18-21-27(28)24-29(30)34-26(2)31/h18-19,21-22,24-25H,3-17,20,23H2,1-2H3. The first kappa shape index (κ1) is 29.4. The Bertz CT molecular complexity index is 981. The quantitative estimate of drug-likeness (QED) is 0.109. The molecule has 2 aromatic rings. The van der Waals surface area contributed by atoms with Gasteiger partial charge in [-0.2, -0.15) is 0 Å².